The molecule has 22 heavy (non-hydrogen) atoms. The van der Waals surface area contributed by atoms with Gasteiger partial charge >= 0.3 is 0 Å². The molecule has 0 aliphatic rings. The topological polar surface area (TPSA) is 43.6 Å². The first-order chi connectivity index (χ1) is 10.7. The Balaban J connectivity index is 1.83. The van der Waals surface area contributed by atoms with Gasteiger partial charge in [-0.05, 0) is 43.7 Å². The number of thiophene rings is 1. The van der Waals surface area contributed by atoms with E-state index in [2.05, 4.69) is 23.0 Å². The maximum atomic E-state index is 4.73. The summed E-state index contributed by atoms with van der Waals surface area (Å²) in [7, 11) is 0. The molecule has 0 saturated carbocycles. The fourth-order valence-corrected chi connectivity index (χ4v) is 3.56. The van der Waals surface area contributed by atoms with Crippen LogP contribution in [0.4, 0.5) is 0 Å². The van der Waals surface area contributed by atoms with Gasteiger partial charge in [-0.3, -0.25) is 4.98 Å². The monoisotopic (exact) mass is 306 g/mol. The van der Waals surface area contributed by atoms with Crippen LogP contribution in [0.1, 0.15) is 11.3 Å². The summed E-state index contributed by atoms with van der Waals surface area (Å²) in [6.07, 6.45) is 5.74. The highest BCUT2D eigenvalue weighted by Gasteiger charge is 2.12. The van der Waals surface area contributed by atoms with Crippen molar-refractivity contribution in [2.24, 2.45) is 0 Å². The molecule has 4 nitrogen and oxygen atoms in total. The zero-order valence-corrected chi connectivity index (χ0v) is 13.1. The van der Waals surface area contributed by atoms with E-state index in [0.29, 0.717) is 0 Å². The lowest BCUT2D eigenvalue weighted by Gasteiger charge is -2.00. The van der Waals surface area contributed by atoms with Crippen molar-refractivity contribution < 1.29 is 0 Å². The van der Waals surface area contributed by atoms with Crippen molar-refractivity contribution in [1.29, 1.82) is 0 Å². The molecule has 0 amide bonds. The molecule has 0 bridgehead atoms. The molecule has 0 aromatic carbocycles. The predicted octanol–water partition coefficient (Wildman–Crippen LogP) is 4.16. The molecule has 0 aliphatic carbocycles. The summed E-state index contributed by atoms with van der Waals surface area (Å²) in [6.45, 7) is 4.07. The first kappa shape index (κ1) is 13.2. The fourth-order valence-electron chi connectivity index (χ4n) is 2.48. The summed E-state index contributed by atoms with van der Waals surface area (Å²) in [5.41, 5.74) is 3.13. The van der Waals surface area contributed by atoms with Crippen LogP contribution in [0.3, 0.4) is 0 Å². The van der Waals surface area contributed by atoms with Gasteiger partial charge in [0.2, 0.25) is 0 Å². The average molecular weight is 306 g/mol. The van der Waals surface area contributed by atoms with E-state index in [1.807, 2.05) is 54.5 Å². The van der Waals surface area contributed by atoms with Crippen LogP contribution in [-0.2, 0) is 0 Å². The number of aromatic nitrogens is 4. The molecule has 4 heterocycles. The Labute approximate surface area is 132 Å². The van der Waals surface area contributed by atoms with E-state index in [4.69, 9.17) is 5.10 Å². The standard InChI is InChI=1S/C17H14N4S/c1-11-10-21(16-5-3-4-12(2)19-16)20-17(11)15-8-13-9-18-7-6-14(13)22-15/h3-10H,1-2H3. The molecule has 0 atom stereocenters. The van der Waals surface area contributed by atoms with E-state index in [0.717, 1.165) is 33.0 Å². The number of nitrogens with zero attached hydrogens (tertiary/aromatic N) is 4. The zero-order chi connectivity index (χ0) is 15.1. The van der Waals surface area contributed by atoms with Crippen molar-refractivity contribution in [3.63, 3.8) is 0 Å². The minimum absolute atomic E-state index is 0.845. The van der Waals surface area contributed by atoms with Gasteiger partial charge in [0.1, 0.15) is 5.69 Å². The van der Waals surface area contributed by atoms with Crippen molar-refractivity contribution in [1.82, 2.24) is 19.7 Å². The van der Waals surface area contributed by atoms with E-state index >= 15 is 0 Å². The summed E-state index contributed by atoms with van der Waals surface area (Å²) in [5, 5.41) is 5.89. The lowest BCUT2D eigenvalue weighted by molar-refractivity contribution is 0.844. The maximum Gasteiger partial charge on any atom is 0.153 e. The van der Waals surface area contributed by atoms with Crippen molar-refractivity contribution in [2.45, 2.75) is 13.8 Å². The van der Waals surface area contributed by atoms with Gasteiger partial charge in [-0.25, -0.2) is 9.67 Å². The summed E-state index contributed by atoms with van der Waals surface area (Å²) in [5.74, 6) is 0.845. The van der Waals surface area contributed by atoms with E-state index in [-0.39, 0.29) is 0 Å². The van der Waals surface area contributed by atoms with Gasteiger partial charge in [0.25, 0.3) is 0 Å². The van der Waals surface area contributed by atoms with Crippen LogP contribution in [-0.4, -0.2) is 19.7 Å². The van der Waals surface area contributed by atoms with Crippen molar-refractivity contribution in [3.8, 4) is 16.4 Å². The number of aryl methyl sites for hydroxylation is 2. The van der Waals surface area contributed by atoms with Crippen molar-refractivity contribution in [2.75, 3.05) is 0 Å². The van der Waals surface area contributed by atoms with E-state index in [9.17, 15) is 0 Å². The van der Waals surface area contributed by atoms with Crippen LogP contribution in [0, 0.1) is 13.8 Å². The predicted molar refractivity (Wildman–Crippen MR) is 89.4 cm³/mol. The second-order valence-corrected chi connectivity index (χ2v) is 6.35. The van der Waals surface area contributed by atoms with Crippen LogP contribution < -0.4 is 0 Å². The number of pyridine rings is 2. The van der Waals surface area contributed by atoms with Crippen molar-refractivity contribution in [3.05, 3.63) is 60.2 Å². The fraction of sp³-hybridized carbons (Fsp3) is 0.118. The zero-order valence-electron chi connectivity index (χ0n) is 12.3. The molecule has 5 heteroatoms. The Morgan fingerprint density at radius 1 is 1.14 bits per heavy atom. The van der Waals surface area contributed by atoms with Gasteiger partial charge in [-0.2, -0.15) is 5.10 Å². The number of hydrogen-bond donors (Lipinski definition) is 0. The molecule has 4 aromatic rings. The van der Waals surface area contributed by atoms with Gasteiger partial charge in [-0.15, -0.1) is 11.3 Å². The van der Waals surface area contributed by atoms with Crippen molar-refractivity contribution >= 4 is 21.4 Å². The molecule has 0 radical (unpaired) electrons. The first-order valence-electron chi connectivity index (χ1n) is 7.05. The van der Waals surface area contributed by atoms with Gasteiger partial charge in [0.05, 0.1) is 4.88 Å². The molecule has 0 aliphatic heterocycles. The molecule has 0 saturated heterocycles. The smallest absolute Gasteiger partial charge is 0.153 e. The molecule has 4 aromatic heterocycles. The highest BCUT2D eigenvalue weighted by atomic mass is 32.1. The Kier molecular flexibility index (Phi) is 3.01. The molecule has 0 N–H and O–H groups in total. The molecule has 0 unspecified atom stereocenters. The lowest BCUT2D eigenvalue weighted by atomic mass is 10.2. The number of rotatable bonds is 2. The minimum atomic E-state index is 0.845. The van der Waals surface area contributed by atoms with Crippen LogP contribution in [0.15, 0.2) is 48.9 Å². The van der Waals surface area contributed by atoms with Crippen LogP contribution >= 0.6 is 11.3 Å². The molecular weight excluding hydrogens is 292 g/mol. The van der Waals surface area contributed by atoms with Gasteiger partial charge in [-0.1, -0.05) is 6.07 Å². The maximum absolute atomic E-state index is 4.73. The molecule has 108 valence electrons. The second-order valence-electron chi connectivity index (χ2n) is 5.27. The first-order valence-corrected chi connectivity index (χ1v) is 7.86. The van der Waals surface area contributed by atoms with E-state index in [1.165, 1.54) is 4.70 Å². The molecule has 4 rings (SSSR count). The second kappa shape index (κ2) is 5.03. The third-order valence-corrected chi connectivity index (χ3v) is 4.68. The van der Waals surface area contributed by atoms with Crippen LogP contribution in [0.25, 0.3) is 26.5 Å². The van der Waals surface area contributed by atoms with E-state index in [1.54, 1.807) is 11.3 Å². The summed E-state index contributed by atoms with van der Waals surface area (Å²) in [6, 6.07) is 10.1. The third kappa shape index (κ3) is 2.19. The average Bonchev–Trinajstić information content (AvgIpc) is 3.10. The largest absolute Gasteiger partial charge is 0.264 e. The molecule has 0 spiro atoms. The Bertz CT molecular complexity index is 935. The van der Waals surface area contributed by atoms with Crippen LogP contribution in [0.2, 0.25) is 0 Å². The highest BCUT2D eigenvalue weighted by molar-refractivity contribution is 7.22. The summed E-state index contributed by atoms with van der Waals surface area (Å²) < 4.78 is 3.08. The minimum Gasteiger partial charge on any atom is -0.264 e. The Morgan fingerprint density at radius 2 is 2.05 bits per heavy atom. The summed E-state index contributed by atoms with van der Waals surface area (Å²) >= 11 is 1.74. The SMILES string of the molecule is Cc1cccc(-n2cc(C)c(-c3cc4cnccc4s3)n2)n1. The lowest BCUT2D eigenvalue weighted by Crippen LogP contribution is -1.98. The molecule has 0 fully saturated rings. The number of fused-ring (bicyclic) bond motifs is 1. The van der Waals surface area contributed by atoms with E-state index < -0.39 is 0 Å². The van der Waals surface area contributed by atoms with Gasteiger partial charge in [0.15, 0.2) is 5.82 Å². The third-order valence-electron chi connectivity index (χ3n) is 3.56. The van der Waals surface area contributed by atoms with Gasteiger partial charge in [0, 0.05) is 34.4 Å². The Morgan fingerprint density at radius 3 is 2.86 bits per heavy atom. The van der Waals surface area contributed by atoms with Crippen LogP contribution in [0.5, 0.6) is 0 Å². The quantitative estimate of drug-likeness (QED) is 0.558. The normalized spacial score (nSPS) is 11.2. The molecular formula is C17H14N4S. The Hall–Kier alpha value is -2.53. The van der Waals surface area contributed by atoms with Gasteiger partial charge < -0.3 is 0 Å². The highest BCUT2D eigenvalue weighted by Crippen LogP contribution is 2.33. The number of hydrogen-bond acceptors (Lipinski definition) is 4. The summed E-state index contributed by atoms with van der Waals surface area (Å²) in [4.78, 5) is 9.86.